The van der Waals surface area contributed by atoms with Crippen LogP contribution in [-0.2, 0) is 19.6 Å². The first-order valence-electron chi connectivity index (χ1n) is 12.0. The van der Waals surface area contributed by atoms with Crippen molar-refractivity contribution >= 4 is 50.6 Å². The summed E-state index contributed by atoms with van der Waals surface area (Å²) in [5.74, 6) is -2.28. The summed E-state index contributed by atoms with van der Waals surface area (Å²) < 4.78 is 28.2. The maximum atomic E-state index is 13.5. The number of ketones is 1. The van der Waals surface area contributed by atoms with E-state index < -0.39 is 39.2 Å². The highest BCUT2D eigenvalue weighted by molar-refractivity contribution is 8.13. The van der Waals surface area contributed by atoms with Gasteiger partial charge in [-0.05, 0) is 43.2 Å². The van der Waals surface area contributed by atoms with E-state index in [-0.39, 0.29) is 11.3 Å². The molecule has 11 nitrogen and oxygen atoms in total. The smallest absolute Gasteiger partial charge is 0.334 e. The summed E-state index contributed by atoms with van der Waals surface area (Å²) in [6.45, 7) is 3.53. The van der Waals surface area contributed by atoms with Crippen molar-refractivity contribution in [1.29, 1.82) is 0 Å². The first-order chi connectivity index (χ1) is 18.1. The van der Waals surface area contributed by atoms with Crippen LogP contribution in [0.4, 0.5) is 5.69 Å². The van der Waals surface area contributed by atoms with Gasteiger partial charge in [0, 0.05) is 25.1 Å². The number of hydrogen-bond acceptors (Lipinski definition) is 9. The van der Waals surface area contributed by atoms with E-state index in [1.54, 1.807) is 42.3 Å². The number of Topliss-reactive ketones (excluding diaryl/α,β-unsaturated/α-hetero) is 1. The van der Waals surface area contributed by atoms with Gasteiger partial charge >= 0.3 is 5.97 Å². The van der Waals surface area contributed by atoms with Crippen LogP contribution in [0.1, 0.15) is 37.3 Å². The van der Waals surface area contributed by atoms with E-state index in [1.165, 1.54) is 35.5 Å². The van der Waals surface area contributed by atoms with Crippen molar-refractivity contribution in [3.05, 3.63) is 59.7 Å². The van der Waals surface area contributed by atoms with Gasteiger partial charge in [-0.25, -0.2) is 13.2 Å². The first kappa shape index (κ1) is 29.3. The summed E-state index contributed by atoms with van der Waals surface area (Å²) in [6, 6.07) is 13.1. The molecule has 0 fully saturated rings. The molecule has 1 aliphatic heterocycles. The van der Waals surface area contributed by atoms with Crippen molar-refractivity contribution < 1.29 is 23.1 Å². The summed E-state index contributed by atoms with van der Waals surface area (Å²) in [7, 11) is -4.39. The Morgan fingerprint density at radius 3 is 2.63 bits per heavy atom. The number of rotatable bonds is 13. The number of carbonyl (C=O) groups excluding carboxylic acids is 1. The predicted molar refractivity (Wildman–Crippen MR) is 150 cm³/mol. The van der Waals surface area contributed by atoms with Crippen molar-refractivity contribution in [2.24, 2.45) is 21.6 Å². The second-order valence-electron chi connectivity index (χ2n) is 8.76. The van der Waals surface area contributed by atoms with E-state index in [0.717, 1.165) is 12.8 Å². The lowest BCUT2D eigenvalue weighted by Crippen LogP contribution is -2.64. The lowest BCUT2D eigenvalue weighted by Gasteiger charge is -2.30. The van der Waals surface area contributed by atoms with Crippen molar-refractivity contribution in [3.8, 4) is 0 Å². The zero-order valence-electron chi connectivity index (χ0n) is 21.2. The van der Waals surface area contributed by atoms with Crippen LogP contribution in [0.25, 0.3) is 0 Å². The zero-order chi connectivity index (χ0) is 27.9. The summed E-state index contributed by atoms with van der Waals surface area (Å²) in [5.41, 5.74) is 12.8. The Balaban J connectivity index is 1.90. The molecule has 0 bridgehead atoms. The topological polar surface area (TPSA) is 181 Å². The number of unbranched alkanes of at least 4 members (excludes halogenated alkanes) is 1. The van der Waals surface area contributed by atoms with E-state index >= 15 is 0 Å². The number of nitrogens with one attached hydrogen (secondary N) is 1. The molecule has 0 aliphatic carbocycles. The van der Waals surface area contributed by atoms with Gasteiger partial charge in [0.1, 0.15) is 11.2 Å². The molecule has 2 aromatic carbocycles. The molecule has 38 heavy (non-hydrogen) atoms. The van der Waals surface area contributed by atoms with E-state index in [0.29, 0.717) is 29.2 Å². The quantitative estimate of drug-likeness (QED) is 0.123. The van der Waals surface area contributed by atoms with Crippen LogP contribution >= 0.6 is 11.8 Å². The van der Waals surface area contributed by atoms with Gasteiger partial charge < -0.3 is 16.6 Å². The number of carboxylic acid groups (broad SMARTS) is 1. The third-order valence-electron chi connectivity index (χ3n) is 6.00. The van der Waals surface area contributed by atoms with Crippen LogP contribution in [0.2, 0.25) is 0 Å². The van der Waals surface area contributed by atoms with Crippen molar-refractivity contribution in [2.75, 3.05) is 18.1 Å². The number of amidine groups is 1. The van der Waals surface area contributed by atoms with Crippen molar-refractivity contribution in [1.82, 2.24) is 4.72 Å². The summed E-state index contributed by atoms with van der Waals surface area (Å²) in [4.78, 5) is 30.1. The molecule has 2 unspecified atom stereocenters. The van der Waals surface area contributed by atoms with Gasteiger partial charge in [-0.15, -0.1) is 0 Å². The molecule has 0 radical (unpaired) electrons. The van der Waals surface area contributed by atoms with Gasteiger partial charge in [-0.1, -0.05) is 49.4 Å². The Morgan fingerprint density at radius 2 is 1.97 bits per heavy atom. The van der Waals surface area contributed by atoms with Crippen molar-refractivity contribution in [2.45, 2.75) is 48.9 Å². The van der Waals surface area contributed by atoms with Crippen molar-refractivity contribution in [3.63, 3.8) is 0 Å². The van der Waals surface area contributed by atoms with Crippen LogP contribution in [0.15, 0.2) is 63.5 Å². The molecule has 2 atom stereocenters. The van der Waals surface area contributed by atoms with Gasteiger partial charge in [-0.2, -0.15) is 9.82 Å². The maximum Gasteiger partial charge on any atom is 0.334 e. The fraction of sp³-hybridized carbons (Fsp3) is 0.360. The number of aryl methyl sites for hydroxylation is 1. The Morgan fingerprint density at radius 1 is 1.24 bits per heavy atom. The Hall–Kier alpha value is -3.26. The molecule has 0 amide bonds. The summed E-state index contributed by atoms with van der Waals surface area (Å²) in [6.07, 6.45) is 1.48. The monoisotopic (exact) mass is 560 g/mol. The summed E-state index contributed by atoms with van der Waals surface area (Å²) in [5, 5.41) is 15.3. The maximum absolute atomic E-state index is 13.5. The standard InChI is InChI=1S/C25H32N6O5S2/c1-3-4-12-28-23(27)19-10-5-6-11-20(19)31-22(37-16-29-31)14-21(32)25(15-26,24(33)34)30-38(35,36)18-9-7-8-17(2)13-18/h5-11,13,16,22,30H,3-4,12,14-15,26H2,1-2H3,(H2,27,28)(H,33,34). The number of aliphatic carboxylic acids is 1. The predicted octanol–water partition coefficient (Wildman–Crippen LogP) is 2.04. The number of carboxylic acids is 1. The SMILES string of the molecule is CCCCN=C(N)c1ccccc1N1N=CSC1CC(=O)C(CN)(NS(=O)(=O)c1cccc(C)c1)C(=O)O. The number of nitrogens with zero attached hydrogens (tertiary/aromatic N) is 3. The minimum absolute atomic E-state index is 0.170. The van der Waals surface area contributed by atoms with Gasteiger partial charge in [0.2, 0.25) is 15.6 Å². The number of sulfonamides is 1. The van der Waals surface area contributed by atoms with E-state index in [2.05, 4.69) is 21.7 Å². The zero-order valence-corrected chi connectivity index (χ0v) is 22.8. The molecule has 1 aliphatic rings. The number of hydrogen-bond donors (Lipinski definition) is 4. The number of thioether (sulfide) groups is 1. The lowest BCUT2D eigenvalue weighted by molar-refractivity contribution is -0.148. The van der Waals surface area contributed by atoms with E-state index in [4.69, 9.17) is 11.5 Å². The fourth-order valence-electron chi connectivity index (χ4n) is 3.83. The molecule has 0 saturated heterocycles. The Bertz CT molecular complexity index is 1350. The molecule has 0 saturated carbocycles. The molecular weight excluding hydrogens is 528 g/mol. The van der Waals surface area contributed by atoms with E-state index in [9.17, 15) is 23.1 Å². The number of aliphatic imine (C=N–C) groups is 1. The number of para-hydroxylation sites is 1. The molecule has 2 aromatic rings. The summed E-state index contributed by atoms with van der Waals surface area (Å²) >= 11 is 1.19. The van der Waals surface area contributed by atoms with E-state index in [1.807, 2.05) is 0 Å². The number of carbonyl (C=O) groups is 2. The molecule has 204 valence electrons. The number of anilines is 1. The van der Waals surface area contributed by atoms with Gasteiger partial charge in [0.05, 0.1) is 16.1 Å². The molecule has 0 aromatic heterocycles. The number of nitrogens with two attached hydrogens (primary N) is 2. The number of benzene rings is 2. The Kier molecular flexibility index (Phi) is 9.66. The molecule has 13 heteroatoms. The normalized spacial score (nSPS) is 17.4. The second kappa shape index (κ2) is 12.5. The highest BCUT2D eigenvalue weighted by atomic mass is 32.2. The highest BCUT2D eigenvalue weighted by Crippen LogP contribution is 2.33. The second-order valence-corrected chi connectivity index (χ2v) is 11.5. The highest BCUT2D eigenvalue weighted by Gasteiger charge is 2.49. The van der Waals surface area contributed by atoms with Crippen LogP contribution in [0.3, 0.4) is 0 Å². The molecule has 1 heterocycles. The molecule has 0 spiro atoms. The lowest BCUT2D eigenvalue weighted by atomic mass is 9.93. The molecule has 6 N–H and O–H groups in total. The largest absolute Gasteiger partial charge is 0.479 e. The third kappa shape index (κ3) is 6.41. The Labute approximate surface area is 226 Å². The third-order valence-corrected chi connectivity index (χ3v) is 8.39. The minimum Gasteiger partial charge on any atom is -0.479 e. The van der Waals surface area contributed by atoms with Crippen LogP contribution in [0, 0.1) is 6.92 Å². The van der Waals surface area contributed by atoms with Gasteiger partial charge in [0.25, 0.3) is 0 Å². The first-order valence-corrected chi connectivity index (χ1v) is 14.4. The van der Waals surface area contributed by atoms with Gasteiger partial charge in [0.15, 0.2) is 5.78 Å². The van der Waals surface area contributed by atoms with Crippen LogP contribution in [0.5, 0.6) is 0 Å². The average Bonchev–Trinajstić information content (AvgIpc) is 3.35. The number of hydrazone groups is 1. The average molecular weight is 561 g/mol. The van der Waals surface area contributed by atoms with Gasteiger partial charge in [-0.3, -0.25) is 14.8 Å². The van der Waals surface area contributed by atoms with Crippen LogP contribution < -0.4 is 21.2 Å². The molecule has 3 rings (SSSR count). The fourth-order valence-corrected chi connectivity index (χ4v) is 6.12. The van der Waals surface area contributed by atoms with Crippen LogP contribution in [-0.4, -0.2) is 60.7 Å². The molecular formula is C25H32N6O5S2. The minimum atomic E-state index is -4.39.